The average molecular weight is 763 g/mol. The molecule has 1 aliphatic heterocycles. The van der Waals surface area contributed by atoms with Crippen LogP contribution in [-0.4, -0.2) is 86.3 Å². The number of benzene rings is 2. The molecule has 55 heavy (non-hydrogen) atoms. The number of ether oxygens (including phenoxy) is 1. The molecule has 0 unspecified atom stereocenters. The number of fused-ring (bicyclic) bond motifs is 1. The van der Waals surface area contributed by atoms with E-state index in [-0.39, 0.29) is 49.3 Å². The number of hydrogen-bond donors (Lipinski definition) is 5. The number of aryl methyl sites for hydroxylation is 1. The summed E-state index contributed by atoms with van der Waals surface area (Å²) in [6, 6.07) is 7.72. The number of carbonyl (C=O) groups excluding carboxylic acids is 3. The summed E-state index contributed by atoms with van der Waals surface area (Å²) in [6.07, 6.45) is 3.89. The lowest BCUT2D eigenvalue weighted by atomic mass is 10.0. The van der Waals surface area contributed by atoms with Gasteiger partial charge in [-0.3, -0.25) is 9.59 Å². The van der Waals surface area contributed by atoms with Gasteiger partial charge in [0, 0.05) is 56.5 Å². The Morgan fingerprint density at radius 1 is 1.05 bits per heavy atom. The standard InChI is InChI=1S/C37H47FN10O7/c1-4-45-19-26(35(51)52)33(49)25-17-27(38)32(18-31(25)45)46-12-14-47(15-13-46)37(54)55-21-23-7-9-24(10-8-23)42-34(50)30(6-5-11-41-36(40)53)48-20-29(43-44-48)28(39)16-22(2)3/h7-10,17-20,22,28,30H,4-6,11-16,21,39H2,1-3H3,(H,42,50)(H,51,52)(H3,40,41,53)/t28-,30-/m0/s1. The average Bonchev–Trinajstić information content (AvgIpc) is 3.64. The van der Waals surface area contributed by atoms with Crippen LogP contribution in [0.25, 0.3) is 10.9 Å². The Labute approximate surface area is 316 Å². The van der Waals surface area contributed by atoms with E-state index in [0.717, 1.165) is 6.07 Å². The van der Waals surface area contributed by atoms with Crippen LogP contribution in [-0.2, 0) is 22.7 Å². The highest BCUT2D eigenvalue weighted by Gasteiger charge is 2.27. The first-order valence-electron chi connectivity index (χ1n) is 18.1. The molecule has 5 rings (SSSR count). The van der Waals surface area contributed by atoms with E-state index in [9.17, 15) is 29.1 Å². The number of aromatic carboxylic acids is 1. The van der Waals surface area contributed by atoms with Crippen molar-refractivity contribution in [3.8, 4) is 0 Å². The maximum absolute atomic E-state index is 15.3. The minimum absolute atomic E-state index is 0.0142. The molecule has 294 valence electrons. The van der Waals surface area contributed by atoms with Crippen LogP contribution in [0.15, 0.2) is 53.6 Å². The third-order valence-corrected chi connectivity index (χ3v) is 9.39. The summed E-state index contributed by atoms with van der Waals surface area (Å²) >= 11 is 0. The molecular formula is C37H47FN10O7. The Morgan fingerprint density at radius 3 is 2.40 bits per heavy atom. The van der Waals surface area contributed by atoms with Crippen molar-refractivity contribution < 1.29 is 33.4 Å². The predicted molar refractivity (Wildman–Crippen MR) is 202 cm³/mol. The lowest BCUT2D eigenvalue weighted by Crippen LogP contribution is -2.49. The third-order valence-electron chi connectivity index (χ3n) is 9.39. The normalized spacial score (nSPS) is 14.1. The summed E-state index contributed by atoms with van der Waals surface area (Å²) in [5.74, 6) is -2.03. The van der Waals surface area contributed by atoms with Crippen molar-refractivity contribution in [1.29, 1.82) is 0 Å². The first-order chi connectivity index (χ1) is 26.2. The number of amides is 4. The van der Waals surface area contributed by atoms with Gasteiger partial charge in [0.1, 0.15) is 24.0 Å². The quantitative estimate of drug-likeness (QED) is 0.110. The molecule has 2 atom stereocenters. The second kappa shape index (κ2) is 17.9. The zero-order valence-corrected chi connectivity index (χ0v) is 31.0. The fourth-order valence-electron chi connectivity index (χ4n) is 6.46. The number of hydrogen-bond acceptors (Lipinski definition) is 10. The van der Waals surface area contributed by atoms with E-state index >= 15 is 4.39 Å². The summed E-state index contributed by atoms with van der Waals surface area (Å²) < 4.78 is 23.9. The van der Waals surface area contributed by atoms with Crippen molar-refractivity contribution >= 4 is 46.3 Å². The molecule has 4 amide bonds. The number of pyridine rings is 1. The van der Waals surface area contributed by atoms with Crippen molar-refractivity contribution in [2.75, 3.05) is 42.9 Å². The summed E-state index contributed by atoms with van der Waals surface area (Å²) in [5.41, 5.74) is 12.7. The molecule has 18 heteroatoms. The number of rotatable bonds is 15. The largest absolute Gasteiger partial charge is 0.477 e. The summed E-state index contributed by atoms with van der Waals surface area (Å²) in [7, 11) is 0. The van der Waals surface area contributed by atoms with Crippen LogP contribution in [0.2, 0.25) is 0 Å². The van der Waals surface area contributed by atoms with Crippen LogP contribution in [0.1, 0.15) is 73.7 Å². The number of aromatic nitrogens is 4. The fraction of sp³-hybridized carbons (Fsp3) is 0.432. The van der Waals surface area contributed by atoms with E-state index in [0.29, 0.717) is 67.3 Å². The van der Waals surface area contributed by atoms with Gasteiger partial charge in [-0.25, -0.2) is 23.5 Å². The van der Waals surface area contributed by atoms with Gasteiger partial charge in [-0.1, -0.05) is 31.2 Å². The van der Waals surface area contributed by atoms with Crippen LogP contribution >= 0.6 is 0 Å². The molecule has 0 aliphatic carbocycles. The second-order valence-electron chi connectivity index (χ2n) is 13.8. The van der Waals surface area contributed by atoms with E-state index in [1.165, 1.54) is 15.8 Å². The molecule has 1 saturated heterocycles. The second-order valence-corrected chi connectivity index (χ2v) is 13.8. The van der Waals surface area contributed by atoms with Crippen molar-refractivity contribution in [2.45, 2.75) is 65.3 Å². The highest BCUT2D eigenvalue weighted by atomic mass is 19.1. The topological polar surface area (TPSA) is 233 Å². The first kappa shape index (κ1) is 40.2. The van der Waals surface area contributed by atoms with Crippen molar-refractivity contribution in [1.82, 2.24) is 29.8 Å². The smallest absolute Gasteiger partial charge is 0.410 e. The van der Waals surface area contributed by atoms with E-state index < -0.39 is 40.9 Å². The minimum Gasteiger partial charge on any atom is -0.477 e. The van der Waals surface area contributed by atoms with E-state index in [1.54, 1.807) is 52.9 Å². The molecule has 7 N–H and O–H groups in total. The number of piperazine rings is 1. The Balaban J connectivity index is 1.16. The lowest BCUT2D eigenvalue weighted by Gasteiger charge is -2.35. The molecule has 17 nitrogen and oxygen atoms in total. The van der Waals surface area contributed by atoms with Gasteiger partial charge in [-0.15, -0.1) is 5.10 Å². The number of nitrogens with two attached hydrogens (primary N) is 2. The summed E-state index contributed by atoms with van der Waals surface area (Å²) in [4.78, 5) is 65.1. The number of carboxylic acid groups (broad SMARTS) is 1. The first-order valence-corrected chi connectivity index (χ1v) is 18.1. The number of anilines is 2. The third kappa shape index (κ3) is 9.94. The van der Waals surface area contributed by atoms with Crippen molar-refractivity contribution in [3.05, 3.63) is 81.7 Å². The van der Waals surface area contributed by atoms with E-state index in [2.05, 4.69) is 34.8 Å². The fourth-order valence-corrected chi connectivity index (χ4v) is 6.46. The van der Waals surface area contributed by atoms with Crippen LogP contribution in [0.5, 0.6) is 0 Å². The maximum Gasteiger partial charge on any atom is 0.410 e. The lowest BCUT2D eigenvalue weighted by molar-refractivity contribution is -0.119. The van der Waals surface area contributed by atoms with Crippen molar-refractivity contribution in [2.24, 2.45) is 17.4 Å². The molecule has 0 saturated carbocycles. The predicted octanol–water partition coefficient (Wildman–Crippen LogP) is 3.58. The number of nitrogens with one attached hydrogen (secondary N) is 2. The Hall–Kier alpha value is -6.04. The summed E-state index contributed by atoms with van der Waals surface area (Å²) in [6.45, 7) is 7.67. The summed E-state index contributed by atoms with van der Waals surface area (Å²) in [5, 5.41) is 23.2. The van der Waals surface area contributed by atoms with Gasteiger partial charge in [0.25, 0.3) is 0 Å². The van der Waals surface area contributed by atoms with Gasteiger partial charge in [0.05, 0.1) is 29.1 Å². The Kier molecular flexibility index (Phi) is 13.0. The van der Waals surface area contributed by atoms with E-state index in [4.69, 9.17) is 16.2 Å². The molecule has 1 fully saturated rings. The highest BCUT2D eigenvalue weighted by molar-refractivity contribution is 5.94. The maximum atomic E-state index is 15.3. The zero-order chi connectivity index (χ0) is 39.8. The van der Waals surface area contributed by atoms with E-state index in [1.807, 2.05) is 0 Å². The number of halogens is 1. The Bertz CT molecular complexity index is 2080. The number of carbonyl (C=O) groups is 4. The van der Waals surface area contributed by atoms with Crippen LogP contribution < -0.4 is 32.4 Å². The highest BCUT2D eigenvalue weighted by Crippen LogP contribution is 2.27. The molecule has 0 radical (unpaired) electrons. The van der Waals surface area contributed by atoms with Gasteiger partial charge in [-0.2, -0.15) is 0 Å². The monoisotopic (exact) mass is 762 g/mol. The zero-order valence-electron chi connectivity index (χ0n) is 31.0. The Morgan fingerprint density at radius 2 is 1.76 bits per heavy atom. The van der Waals surface area contributed by atoms with Gasteiger partial charge in [0.15, 0.2) is 0 Å². The van der Waals surface area contributed by atoms with Gasteiger partial charge < -0.3 is 46.3 Å². The van der Waals surface area contributed by atoms with Gasteiger partial charge in [0.2, 0.25) is 11.3 Å². The van der Waals surface area contributed by atoms with Crippen LogP contribution in [0.3, 0.4) is 0 Å². The molecule has 0 spiro atoms. The number of carboxylic acids is 1. The number of nitrogens with zero attached hydrogens (tertiary/aromatic N) is 6. The number of urea groups is 1. The van der Waals surface area contributed by atoms with Gasteiger partial charge in [-0.05, 0) is 61.9 Å². The molecule has 2 aromatic heterocycles. The molecule has 2 aromatic carbocycles. The van der Waals surface area contributed by atoms with Crippen LogP contribution in [0.4, 0.5) is 25.4 Å². The number of primary amides is 1. The minimum atomic E-state index is -1.38. The SMILES string of the molecule is CCn1cc(C(=O)O)c(=O)c2cc(F)c(N3CCN(C(=O)OCc4ccc(NC(=O)[C@H](CCCNC(N)=O)n5cc([C@@H](N)CC(C)C)nn5)cc4)CC3)cc21. The molecular weight excluding hydrogens is 715 g/mol. The molecule has 0 bridgehead atoms. The molecule has 3 heterocycles. The van der Waals surface area contributed by atoms with Crippen LogP contribution in [0, 0.1) is 11.7 Å². The molecule has 1 aliphatic rings. The van der Waals surface area contributed by atoms with Crippen molar-refractivity contribution in [3.63, 3.8) is 0 Å². The molecule has 4 aromatic rings. The van der Waals surface area contributed by atoms with Gasteiger partial charge >= 0.3 is 18.1 Å².